The van der Waals surface area contributed by atoms with E-state index in [4.69, 9.17) is 27.8 Å². The van der Waals surface area contributed by atoms with Crippen molar-refractivity contribution in [3.63, 3.8) is 0 Å². The van der Waals surface area contributed by atoms with E-state index in [2.05, 4.69) is 0 Å². The smallest absolute Gasteiger partial charge is 0.465 e. The van der Waals surface area contributed by atoms with Crippen LogP contribution in [0.4, 0.5) is 0 Å². The molecule has 1 saturated heterocycles. The Hall–Kier alpha value is -2.46. The normalized spacial score (nSPS) is 25.7. The van der Waals surface area contributed by atoms with Crippen molar-refractivity contribution in [1.82, 2.24) is 0 Å². The van der Waals surface area contributed by atoms with Crippen LogP contribution in [0.15, 0.2) is 60.7 Å². The van der Waals surface area contributed by atoms with Crippen molar-refractivity contribution in [2.24, 2.45) is 0 Å². The Kier molecular flexibility index (Phi) is 7.89. The number of phosphoric ester groups is 1. The minimum atomic E-state index is -4.29. The molecule has 0 spiro atoms. The maximum Gasteiger partial charge on any atom is 0.587 e. The van der Waals surface area contributed by atoms with Crippen LogP contribution < -0.4 is 9.05 Å². The van der Waals surface area contributed by atoms with E-state index in [1.165, 1.54) is 7.11 Å². The van der Waals surface area contributed by atoms with Gasteiger partial charge in [-0.05, 0) is 24.3 Å². The molecule has 2 N–H and O–H groups in total. The molecular weight excluding hydrogens is 443 g/mol. The lowest BCUT2D eigenvalue weighted by atomic mass is 9.95. The van der Waals surface area contributed by atoms with Gasteiger partial charge in [-0.15, -0.1) is 0 Å². The number of hydrogen-bond acceptors (Lipinski definition) is 10. The van der Waals surface area contributed by atoms with Crippen molar-refractivity contribution in [3.8, 4) is 11.5 Å². The van der Waals surface area contributed by atoms with Gasteiger partial charge in [-0.25, -0.2) is 9.36 Å². The van der Waals surface area contributed by atoms with Crippen LogP contribution in [0.2, 0.25) is 0 Å². The zero-order valence-electron chi connectivity index (χ0n) is 17.5. The third-order valence-electron chi connectivity index (χ3n) is 4.74. The average molecular weight is 468 g/mol. The van der Waals surface area contributed by atoms with Gasteiger partial charge in [0.25, 0.3) is 5.79 Å². The van der Waals surface area contributed by atoms with Gasteiger partial charge in [-0.2, -0.15) is 0 Å². The minimum Gasteiger partial charge on any atom is -0.465 e. The van der Waals surface area contributed by atoms with Gasteiger partial charge in [-0.3, -0.25) is 4.52 Å². The van der Waals surface area contributed by atoms with Crippen LogP contribution in [-0.4, -0.2) is 61.1 Å². The molecule has 11 heteroatoms. The first-order valence-corrected chi connectivity index (χ1v) is 11.2. The van der Waals surface area contributed by atoms with Crippen LogP contribution in [0.5, 0.6) is 11.5 Å². The van der Waals surface area contributed by atoms with Crippen molar-refractivity contribution in [2.45, 2.75) is 30.5 Å². The Labute approximate surface area is 185 Å². The number of benzene rings is 2. The van der Waals surface area contributed by atoms with Crippen molar-refractivity contribution in [2.75, 3.05) is 20.8 Å². The van der Waals surface area contributed by atoms with E-state index in [1.54, 1.807) is 60.7 Å². The first-order chi connectivity index (χ1) is 15.3. The molecule has 0 radical (unpaired) electrons. The summed E-state index contributed by atoms with van der Waals surface area (Å²) in [6.07, 6.45) is -4.55. The number of aliphatic hydroxyl groups excluding tert-OH is 2. The summed E-state index contributed by atoms with van der Waals surface area (Å²) in [5.74, 6) is -2.43. The lowest BCUT2D eigenvalue weighted by Crippen LogP contribution is -2.60. The van der Waals surface area contributed by atoms with Crippen LogP contribution in [-0.2, 0) is 28.1 Å². The molecule has 1 aliphatic rings. The average Bonchev–Trinajstić information content (AvgIpc) is 2.80. The molecule has 1 aliphatic heterocycles. The van der Waals surface area contributed by atoms with E-state index < -0.39 is 44.5 Å². The third-order valence-corrected chi connectivity index (χ3v) is 6.07. The predicted molar refractivity (Wildman–Crippen MR) is 111 cm³/mol. The van der Waals surface area contributed by atoms with Gasteiger partial charge in [0.05, 0.1) is 19.8 Å². The highest BCUT2D eigenvalue weighted by molar-refractivity contribution is 7.49. The van der Waals surface area contributed by atoms with Gasteiger partial charge in [0.2, 0.25) is 0 Å². The molecule has 3 rings (SSSR count). The molecule has 2 aromatic rings. The summed E-state index contributed by atoms with van der Waals surface area (Å²) in [4.78, 5) is 12.2. The monoisotopic (exact) mass is 468 g/mol. The summed E-state index contributed by atoms with van der Waals surface area (Å²) in [6.45, 7) is -0.558. The van der Waals surface area contributed by atoms with Gasteiger partial charge >= 0.3 is 13.8 Å². The molecule has 0 aromatic heterocycles. The summed E-state index contributed by atoms with van der Waals surface area (Å²) in [5, 5.41) is 20.6. The number of carbonyl (C=O) groups excluding carboxylic acids is 1. The second kappa shape index (κ2) is 10.4. The molecule has 174 valence electrons. The number of para-hydroxylation sites is 2. The van der Waals surface area contributed by atoms with Crippen molar-refractivity contribution in [1.29, 1.82) is 0 Å². The molecule has 3 unspecified atom stereocenters. The number of esters is 1. The molecule has 0 bridgehead atoms. The quantitative estimate of drug-likeness (QED) is 0.418. The molecule has 0 amide bonds. The lowest BCUT2D eigenvalue weighted by Gasteiger charge is -2.42. The molecular formula is C21H25O10P. The minimum absolute atomic E-state index is 0.220. The Bertz CT molecular complexity index is 879. The largest absolute Gasteiger partial charge is 0.587 e. The van der Waals surface area contributed by atoms with E-state index in [0.29, 0.717) is 0 Å². The van der Waals surface area contributed by atoms with Crippen molar-refractivity contribution < 1.29 is 47.4 Å². The van der Waals surface area contributed by atoms with E-state index in [9.17, 15) is 19.6 Å². The Morgan fingerprint density at radius 2 is 1.56 bits per heavy atom. The second-order valence-corrected chi connectivity index (χ2v) is 8.44. The van der Waals surface area contributed by atoms with Gasteiger partial charge in [0.1, 0.15) is 23.7 Å². The third kappa shape index (κ3) is 5.66. The SMILES string of the molecule is COC(=O)[C@@]1(OC)CC(O)C(O)C(COP(=O)(Oc2ccccc2)Oc2ccccc2)O1. The zero-order chi connectivity index (χ0) is 23.2. The fourth-order valence-corrected chi connectivity index (χ4v) is 4.33. The van der Waals surface area contributed by atoms with Crippen molar-refractivity contribution >= 4 is 13.8 Å². The summed E-state index contributed by atoms with van der Waals surface area (Å²) in [6, 6.07) is 16.5. The highest BCUT2D eigenvalue weighted by Crippen LogP contribution is 2.50. The lowest BCUT2D eigenvalue weighted by molar-refractivity contribution is -0.307. The molecule has 4 atom stereocenters. The number of carbonyl (C=O) groups is 1. The van der Waals surface area contributed by atoms with Crippen LogP contribution >= 0.6 is 7.82 Å². The number of aliphatic hydroxyl groups is 2. The standard InChI is InChI=1S/C21H25O10P/c1-26-20(24)21(27-2)13-17(22)19(23)18(29-21)14-28-32(25,30-15-9-5-3-6-10-15)31-16-11-7-4-8-12-16/h3-12,17-19,22-23H,13-14H2,1-2H3/t17?,18?,19?,21-/m1/s1. The summed E-state index contributed by atoms with van der Waals surface area (Å²) < 4.78 is 45.3. The molecule has 2 aromatic carbocycles. The van der Waals surface area contributed by atoms with Crippen LogP contribution in [0.1, 0.15) is 6.42 Å². The van der Waals surface area contributed by atoms with Gasteiger partial charge in [-0.1, -0.05) is 36.4 Å². The van der Waals surface area contributed by atoms with E-state index in [-0.39, 0.29) is 17.9 Å². The number of methoxy groups -OCH3 is 2. The number of hydrogen-bond donors (Lipinski definition) is 2. The first-order valence-electron chi connectivity index (χ1n) is 9.72. The van der Waals surface area contributed by atoms with Crippen LogP contribution in [0.3, 0.4) is 0 Å². The number of rotatable bonds is 9. The van der Waals surface area contributed by atoms with Crippen LogP contribution in [0.25, 0.3) is 0 Å². The number of phosphoric acid groups is 1. The topological polar surface area (TPSA) is 130 Å². The van der Waals surface area contributed by atoms with Gasteiger partial charge < -0.3 is 33.5 Å². The summed E-state index contributed by atoms with van der Waals surface area (Å²) in [7, 11) is -1.96. The van der Waals surface area contributed by atoms with E-state index in [0.717, 1.165) is 7.11 Å². The highest BCUT2D eigenvalue weighted by atomic mass is 31.2. The van der Waals surface area contributed by atoms with Gasteiger partial charge in [0.15, 0.2) is 0 Å². The summed E-state index contributed by atoms with van der Waals surface area (Å²) in [5.41, 5.74) is 0. The fourth-order valence-electron chi connectivity index (χ4n) is 3.10. The van der Waals surface area contributed by atoms with E-state index >= 15 is 0 Å². The van der Waals surface area contributed by atoms with E-state index in [1.807, 2.05) is 0 Å². The molecule has 10 nitrogen and oxygen atoms in total. The Morgan fingerprint density at radius 3 is 2.03 bits per heavy atom. The first kappa shape index (κ1) is 24.2. The van der Waals surface area contributed by atoms with Crippen molar-refractivity contribution in [3.05, 3.63) is 60.7 Å². The molecule has 32 heavy (non-hydrogen) atoms. The maximum atomic E-state index is 13.4. The highest BCUT2D eigenvalue weighted by Gasteiger charge is 2.53. The predicted octanol–water partition coefficient (Wildman–Crippen LogP) is 2.30. The second-order valence-electron chi connectivity index (χ2n) is 6.92. The fraction of sp³-hybridized carbons (Fsp3) is 0.381. The molecule has 0 aliphatic carbocycles. The molecule has 1 heterocycles. The Morgan fingerprint density at radius 1 is 1.03 bits per heavy atom. The van der Waals surface area contributed by atoms with Gasteiger partial charge in [0, 0.05) is 13.5 Å². The Balaban J connectivity index is 1.80. The summed E-state index contributed by atoms with van der Waals surface area (Å²) >= 11 is 0. The number of ether oxygens (including phenoxy) is 3. The van der Waals surface area contributed by atoms with Crippen LogP contribution in [0, 0.1) is 0 Å². The molecule has 1 fully saturated rings. The zero-order valence-corrected chi connectivity index (χ0v) is 18.4. The molecule has 0 saturated carbocycles. The maximum absolute atomic E-state index is 13.4.